The number of hydrogen-bond donors (Lipinski definition) is 0. The summed E-state index contributed by atoms with van der Waals surface area (Å²) >= 11 is 0. The van der Waals surface area contributed by atoms with E-state index in [1.54, 1.807) is 55.6 Å². The summed E-state index contributed by atoms with van der Waals surface area (Å²) in [5.41, 5.74) is 0. The van der Waals surface area contributed by atoms with Crippen molar-refractivity contribution >= 4 is 0 Å². The number of nitrogens with zero attached hydrogens (tertiary/aromatic N) is 6. The van der Waals surface area contributed by atoms with Gasteiger partial charge in [0.1, 0.15) is 0 Å². The molecule has 0 saturated heterocycles. The Balaban J connectivity index is 0.000000160. The quantitative estimate of drug-likeness (QED) is 0.496. The highest BCUT2D eigenvalue weighted by Gasteiger charge is 1.61. The Kier molecular flexibility index (Phi) is 12.2. The molecule has 120 valence electrons. The summed E-state index contributed by atoms with van der Waals surface area (Å²) in [5.74, 6) is 0. The molecule has 0 aliphatic carbocycles. The van der Waals surface area contributed by atoms with Gasteiger partial charge in [0.25, 0.3) is 0 Å². The van der Waals surface area contributed by atoms with Crippen molar-refractivity contribution in [3.63, 3.8) is 0 Å². The minimum atomic E-state index is 1.58. The van der Waals surface area contributed by atoms with Crippen LogP contribution in [0.25, 0.3) is 0 Å². The SMILES string of the molecule is c1ccncc1.c1ccncc1.c1ccncc1.c1cnnnc1. The zero-order chi connectivity index (χ0) is 17.0. The summed E-state index contributed by atoms with van der Waals surface area (Å²) in [6.07, 6.45) is 13.7. The Morgan fingerprint density at radius 3 is 0.708 bits per heavy atom. The van der Waals surface area contributed by atoms with Gasteiger partial charge < -0.3 is 0 Å². The zero-order valence-electron chi connectivity index (χ0n) is 13.1. The van der Waals surface area contributed by atoms with Gasteiger partial charge in [0.05, 0.1) is 12.4 Å². The van der Waals surface area contributed by atoms with E-state index >= 15 is 0 Å². The maximum absolute atomic E-state index is 3.78. The molecule has 6 nitrogen and oxygen atoms in total. The lowest BCUT2D eigenvalue weighted by atomic mass is 10.5. The first-order valence-electron chi connectivity index (χ1n) is 7.13. The highest BCUT2D eigenvalue weighted by atomic mass is 15.3. The molecule has 6 heteroatoms. The monoisotopic (exact) mass is 318 g/mol. The molecule has 0 saturated carbocycles. The molecule has 0 aliphatic heterocycles. The van der Waals surface area contributed by atoms with Crippen LogP contribution in [-0.2, 0) is 0 Å². The van der Waals surface area contributed by atoms with E-state index in [9.17, 15) is 0 Å². The second-order valence-electron chi connectivity index (χ2n) is 3.88. The molecule has 0 spiro atoms. The standard InChI is InChI=1S/3C5H5N.C3H3N3/c4*1-2-4-6-5-3-1/h3*1-5H;1-3H. The fourth-order valence-electron chi connectivity index (χ4n) is 1.14. The van der Waals surface area contributed by atoms with Crippen LogP contribution < -0.4 is 0 Å². The largest absolute Gasteiger partial charge is 0.265 e. The maximum Gasteiger partial charge on any atom is 0.0529 e. The topological polar surface area (TPSA) is 77.3 Å². The third kappa shape index (κ3) is 13.4. The van der Waals surface area contributed by atoms with Crippen molar-refractivity contribution in [2.24, 2.45) is 0 Å². The second kappa shape index (κ2) is 15.8. The molecule has 0 aliphatic rings. The van der Waals surface area contributed by atoms with Gasteiger partial charge >= 0.3 is 0 Å². The molecule has 24 heavy (non-hydrogen) atoms. The number of pyridine rings is 3. The van der Waals surface area contributed by atoms with E-state index in [4.69, 9.17) is 0 Å². The van der Waals surface area contributed by atoms with Crippen molar-refractivity contribution in [1.82, 2.24) is 30.4 Å². The molecule has 0 amide bonds. The molecule has 0 bridgehead atoms. The fourth-order valence-corrected chi connectivity index (χ4v) is 1.14. The first-order chi connectivity index (χ1) is 12.0. The van der Waals surface area contributed by atoms with Gasteiger partial charge in [-0.2, -0.15) is 0 Å². The molecule has 0 N–H and O–H groups in total. The molecular weight excluding hydrogens is 300 g/mol. The normalized spacial score (nSPS) is 8.00. The Bertz CT molecular complexity index is 433. The lowest BCUT2D eigenvalue weighted by Crippen LogP contribution is -1.78. The summed E-state index contributed by atoms with van der Waals surface area (Å²) in [5, 5.41) is 10.1. The van der Waals surface area contributed by atoms with E-state index < -0.39 is 0 Å². The van der Waals surface area contributed by atoms with Crippen molar-refractivity contribution in [3.8, 4) is 0 Å². The van der Waals surface area contributed by atoms with Crippen LogP contribution in [0.1, 0.15) is 0 Å². The van der Waals surface area contributed by atoms with Gasteiger partial charge in [-0.1, -0.05) is 18.2 Å². The molecule has 4 rings (SSSR count). The smallest absolute Gasteiger partial charge is 0.0529 e. The van der Waals surface area contributed by atoms with Gasteiger partial charge in [0.15, 0.2) is 0 Å². The lowest BCUT2D eigenvalue weighted by Gasteiger charge is -1.70. The molecular formula is C18H18N6. The van der Waals surface area contributed by atoms with Crippen LogP contribution >= 0.6 is 0 Å². The molecule has 0 radical (unpaired) electrons. The Morgan fingerprint density at radius 2 is 0.625 bits per heavy atom. The summed E-state index contributed by atoms with van der Waals surface area (Å²) in [4.78, 5) is 11.4. The number of rotatable bonds is 0. The molecule has 0 fully saturated rings. The van der Waals surface area contributed by atoms with Crippen LogP contribution in [0.15, 0.2) is 110 Å². The third-order valence-corrected chi connectivity index (χ3v) is 2.11. The molecule has 4 aromatic heterocycles. The van der Waals surface area contributed by atoms with Crippen molar-refractivity contribution < 1.29 is 0 Å². The molecule has 0 aromatic carbocycles. The predicted molar refractivity (Wildman–Crippen MR) is 92.5 cm³/mol. The fraction of sp³-hybridized carbons (Fsp3) is 0. The van der Waals surface area contributed by atoms with E-state index in [1.807, 2.05) is 54.6 Å². The maximum atomic E-state index is 3.78. The van der Waals surface area contributed by atoms with E-state index in [-0.39, 0.29) is 0 Å². The Morgan fingerprint density at radius 1 is 0.292 bits per heavy atom. The highest BCUT2D eigenvalue weighted by Crippen LogP contribution is 1.75. The van der Waals surface area contributed by atoms with Crippen molar-refractivity contribution in [2.45, 2.75) is 0 Å². The summed E-state index contributed by atoms with van der Waals surface area (Å²) in [6, 6.07) is 18.9. The number of aromatic nitrogens is 6. The van der Waals surface area contributed by atoms with Crippen LogP contribution in [-0.4, -0.2) is 30.4 Å². The van der Waals surface area contributed by atoms with Gasteiger partial charge in [-0.15, -0.1) is 10.2 Å². The van der Waals surface area contributed by atoms with Crippen LogP contribution in [0.3, 0.4) is 0 Å². The summed E-state index contributed by atoms with van der Waals surface area (Å²) in [7, 11) is 0. The predicted octanol–water partition coefficient (Wildman–Crippen LogP) is 3.12. The van der Waals surface area contributed by atoms with Gasteiger partial charge in [-0.25, -0.2) is 0 Å². The van der Waals surface area contributed by atoms with Gasteiger partial charge in [0, 0.05) is 37.2 Å². The van der Waals surface area contributed by atoms with E-state index in [0.717, 1.165) is 0 Å². The van der Waals surface area contributed by atoms with E-state index in [2.05, 4.69) is 30.4 Å². The first kappa shape index (κ1) is 18.5. The average Bonchev–Trinajstić information content (AvgIpc) is 2.75. The Hall–Kier alpha value is -3.54. The van der Waals surface area contributed by atoms with Crippen molar-refractivity contribution in [3.05, 3.63) is 110 Å². The number of hydrogen-bond acceptors (Lipinski definition) is 6. The lowest BCUT2D eigenvalue weighted by molar-refractivity contribution is 0.865. The highest BCUT2D eigenvalue weighted by molar-refractivity contribution is 4.89. The summed E-state index contributed by atoms with van der Waals surface area (Å²) in [6.45, 7) is 0. The molecule has 4 aromatic rings. The molecule has 0 unspecified atom stereocenters. The second-order valence-corrected chi connectivity index (χ2v) is 3.88. The van der Waals surface area contributed by atoms with Crippen LogP contribution in [0.2, 0.25) is 0 Å². The van der Waals surface area contributed by atoms with Crippen LogP contribution in [0.5, 0.6) is 0 Å². The first-order valence-corrected chi connectivity index (χ1v) is 7.13. The van der Waals surface area contributed by atoms with Crippen LogP contribution in [0.4, 0.5) is 0 Å². The minimum absolute atomic E-state index is 1.58. The van der Waals surface area contributed by atoms with Crippen molar-refractivity contribution in [1.29, 1.82) is 0 Å². The van der Waals surface area contributed by atoms with E-state index in [1.165, 1.54) is 0 Å². The molecule has 4 heterocycles. The van der Waals surface area contributed by atoms with Gasteiger partial charge in [-0.3, -0.25) is 15.0 Å². The van der Waals surface area contributed by atoms with Gasteiger partial charge in [0.2, 0.25) is 0 Å². The summed E-state index contributed by atoms with van der Waals surface area (Å²) < 4.78 is 0. The van der Waals surface area contributed by atoms with Crippen LogP contribution in [0, 0.1) is 0 Å². The third-order valence-electron chi connectivity index (χ3n) is 2.11. The van der Waals surface area contributed by atoms with Gasteiger partial charge in [-0.05, 0) is 47.7 Å². The van der Waals surface area contributed by atoms with E-state index in [0.29, 0.717) is 0 Å². The zero-order valence-corrected chi connectivity index (χ0v) is 13.1. The Labute approximate surface area is 141 Å². The van der Waals surface area contributed by atoms with Crippen molar-refractivity contribution in [2.75, 3.05) is 0 Å². The minimum Gasteiger partial charge on any atom is -0.265 e. The molecule has 0 atom stereocenters. The average molecular weight is 318 g/mol.